The number of ether oxygens (including phenoxy) is 2. The van der Waals surface area contributed by atoms with Crippen LogP contribution in [0.4, 0.5) is 5.13 Å². The third-order valence-electron chi connectivity index (χ3n) is 5.89. The highest BCUT2D eigenvalue weighted by molar-refractivity contribution is 7.22. The summed E-state index contributed by atoms with van der Waals surface area (Å²) in [5.74, 6) is -0.483. The largest absolute Gasteiger partial charge is 0.348 e. The van der Waals surface area contributed by atoms with E-state index >= 15 is 0 Å². The molecule has 1 atom stereocenters. The summed E-state index contributed by atoms with van der Waals surface area (Å²) < 4.78 is 14.6. The van der Waals surface area contributed by atoms with Crippen molar-refractivity contribution in [1.82, 2.24) is 24.9 Å². The molecule has 1 aromatic carbocycles. The number of nitrogens with zero attached hydrogens (tertiary/aromatic N) is 6. The van der Waals surface area contributed by atoms with E-state index < -0.39 is 5.79 Å². The number of piperidine rings is 1. The van der Waals surface area contributed by atoms with Gasteiger partial charge in [-0.3, -0.25) is 4.79 Å². The van der Waals surface area contributed by atoms with Gasteiger partial charge in [0.25, 0.3) is 5.56 Å². The molecule has 1 spiro atoms. The van der Waals surface area contributed by atoms with Crippen molar-refractivity contribution in [2.75, 3.05) is 38.7 Å². The first-order valence-corrected chi connectivity index (χ1v) is 11.7. The van der Waals surface area contributed by atoms with Gasteiger partial charge in [-0.1, -0.05) is 24.0 Å². The third kappa shape index (κ3) is 4.65. The second-order valence-electron chi connectivity index (χ2n) is 8.99. The van der Waals surface area contributed by atoms with Gasteiger partial charge in [0.15, 0.2) is 10.9 Å². The van der Waals surface area contributed by atoms with Crippen LogP contribution < -0.4 is 10.5 Å². The molecule has 0 aliphatic carbocycles. The fourth-order valence-electron chi connectivity index (χ4n) is 4.40. The highest BCUT2D eigenvalue weighted by atomic mass is 32.1. The number of aromatic nitrogens is 4. The molecule has 0 radical (unpaired) electrons. The molecular weight excluding hydrogens is 440 g/mol. The van der Waals surface area contributed by atoms with E-state index in [1.54, 1.807) is 4.68 Å². The minimum Gasteiger partial charge on any atom is -0.348 e. The van der Waals surface area contributed by atoms with Crippen molar-refractivity contribution in [3.8, 4) is 5.69 Å². The van der Waals surface area contributed by atoms with Gasteiger partial charge in [0, 0.05) is 32.5 Å². The molecule has 9 nitrogen and oxygen atoms in total. The van der Waals surface area contributed by atoms with E-state index in [2.05, 4.69) is 20.2 Å². The minimum atomic E-state index is -0.483. The summed E-state index contributed by atoms with van der Waals surface area (Å²) in [5, 5.41) is 9.97. The second-order valence-corrected chi connectivity index (χ2v) is 9.97. The Morgan fingerprint density at radius 1 is 1.27 bits per heavy atom. The fourth-order valence-corrected chi connectivity index (χ4v) is 5.54. The number of hydrogen-bond acceptors (Lipinski definition) is 9. The van der Waals surface area contributed by atoms with Crippen molar-refractivity contribution < 1.29 is 9.47 Å². The van der Waals surface area contributed by atoms with Crippen LogP contribution >= 0.6 is 11.3 Å². The molecule has 0 saturated carbocycles. The smallest absolute Gasteiger partial charge is 0.281 e. The molecule has 10 heteroatoms. The Kier molecular flexibility index (Phi) is 6.54. The monoisotopic (exact) mass is 472 g/mol. The van der Waals surface area contributed by atoms with Crippen molar-refractivity contribution in [2.45, 2.75) is 52.6 Å². The Balaban J connectivity index is 0.00000259. The van der Waals surface area contributed by atoms with E-state index in [0.29, 0.717) is 18.5 Å². The van der Waals surface area contributed by atoms with E-state index in [0.717, 1.165) is 52.7 Å². The summed E-state index contributed by atoms with van der Waals surface area (Å²) in [7, 11) is 3.99. The second kappa shape index (κ2) is 9.09. The SMILES string of the molecule is C.Cc1cc(-n2cc(CN(C)C)nn2)c2sc(N3CCC4(CC3)OC[C@H](C)O4)nc(=O)c2c1. The molecule has 0 amide bonds. The zero-order chi connectivity index (χ0) is 22.5. The van der Waals surface area contributed by atoms with Crippen LogP contribution in [-0.2, 0) is 16.0 Å². The molecule has 0 unspecified atom stereocenters. The topological polar surface area (TPSA) is 85.6 Å². The van der Waals surface area contributed by atoms with Gasteiger partial charge in [0.1, 0.15) is 0 Å². The number of fused-ring (bicyclic) bond motifs is 1. The standard InChI is InChI=1S/C22H28N6O3S.CH4/c1-14-9-17-19(18(10-14)28-12-16(24-25-28)11-26(3)4)32-21(23-20(17)29)27-7-5-22(6-8-27)30-13-15(2)31-22;/h9-10,12,15H,5-8,11,13H2,1-4H3;1H4/t15-;/m0./s1. The molecule has 3 aromatic rings. The molecule has 2 fully saturated rings. The van der Waals surface area contributed by atoms with Crippen LogP contribution in [0, 0.1) is 6.92 Å². The Hall–Kier alpha value is -2.40. The Morgan fingerprint density at radius 3 is 2.70 bits per heavy atom. The lowest BCUT2D eigenvalue weighted by Gasteiger charge is -2.38. The third-order valence-corrected chi connectivity index (χ3v) is 7.06. The van der Waals surface area contributed by atoms with Crippen molar-refractivity contribution in [1.29, 1.82) is 0 Å². The van der Waals surface area contributed by atoms with Crippen molar-refractivity contribution in [3.05, 3.63) is 39.9 Å². The van der Waals surface area contributed by atoms with Gasteiger partial charge in [0.05, 0.1) is 40.4 Å². The van der Waals surface area contributed by atoms with E-state index in [-0.39, 0.29) is 19.1 Å². The average molecular weight is 473 g/mol. The van der Waals surface area contributed by atoms with Gasteiger partial charge in [0.2, 0.25) is 0 Å². The van der Waals surface area contributed by atoms with Gasteiger partial charge in [-0.15, -0.1) is 5.10 Å². The predicted molar refractivity (Wildman–Crippen MR) is 130 cm³/mol. The Labute approximate surface area is 197 Å². The van der Waals surface area contributed by atoms with Crippen LogP contribution in [0.15, 0.2) is 23.1 Å². The van der Waals surface area contributed by atoms with Crippen LogP contribution in [0.5, 0.6) is 0 Å². The predicted octanol–water partition coefficient (Wildman–Crippen LogP) is 2.98. The molecule has 0 bridgehead atoms. The molecule has 2 aliphatic heterocycles. The molecule has 2 aliphatic rings. The zero-order valence-corrected chi connectivity index (χ0v) is 19.7. The normalized spacial score (nSPS) is 20.0. The van der Waals surface area contributed by atoms with Crippen molar-refractivity contribution >= 4 is 26.6 Å². The Bertz CT molecular complexity index is 1200. The summed E-state index contributed by atoms with van der Waals surface area (Å²) >= 11 is 1.53. The molecular formula is C23H32N6O3S. The minimum absolute atomic E-state index is 0. The lowest BCUT2D eigenvalue weighted by atomic mass is 10.0. The van der Waals surface area contributed by atoms with Gasteiger partial charge in [-0.25, -0.2) is 4.68 Å². The van der Waals surface area contributed by atoms with Crippen molar-refractivity contribution in [2.24, 2.45) is 0 Å². The quantitative estimate of drug-likeness (QED) is 0.573. The number of hydrogen-bond donors (Lipinski definition) is 0. The maximum absolute atomic E-state index is 13.0. The first kappa shape index (κ1) is 23.7. The maximum Gasteiger partial charge on any atom is 0.281 e. The summed E-state index contributed by atoms with van der Waals surface area (Å²) in [5.41, 5.74) is 2.50. The number of benzene rings is 1. The lowest BCUT2D eigenvalue weighted by Crippen LogP contribution is -2.45. The van der Waals surface area contributed by atoms with Crippen molar-refractivity contribution in [3.63, 3.8) is 0 Å². The molecule has 178 valence electrons. The first-order valence-electron chi connectivity index (χ1n) is 10.9. The summed E-state index contributed by atoms with van der Waals surface area (Å²) in [4.78, 5) is 21.6. The summed E-state index contributed by atoms with van der Waals surface area (Å²) in [6.07, 6.45) is 3.57. The first-order chi connectivity index (χ1) is 15.3. The van der Waals surface area contributed by atoms with E-state index in [1.807, 2.05) is 51.2 Å². The Morgan fingerprint density at radius 2 is 2.03 bits per heavy atom. The van der Waals surface area contributed by atoms with E-state index in [1.165, 1.54) is 11.3 Å². The van der Waals surface area contributed by atoms with Crippen LogP contribution in [0.2, 0.25) is 0 Å². The van der Waals surface area contributed by atoms with E-state index in [9.17, 15) is 4.79 Å². The molecule has 5 rings (SSSR count). The van der Waals surface area contributed by atoms with Crippen LogP contribution in [0.3, 0.4) is 0 Å². The molecule has 2 aromatic heterocycles. The lowest BCUT2D eigenvalue weighted by molar-refractivity contribution is -0.178. The van der Waals surface area contributed by atoms with Crippen LogP contribution in [0.25, 0.3) is 15.8 Å². The van der Waals surface area contributed by atoms with Crippen LogP contribution in [0.1, 0.15) is 38.4 Å². The number of rotatable bonds is 4. The summed E-state index contributed by atoms with van der Waals surface area (Å²) in [6, 6.07) is 3.95. The number of aryl methyl sites for hydroxylation is 1. The summed E-state index contributed by atoms with van der Waals surface area (Å²) in [6.45, 7) is 6.82. The van der Waals surface area contributed by atoms with Gasteiger partial charge in [-0.05, 0) is 45.6 Å². The molecule has 0 N–H and O–H groups in total. The molecule has 2 saturated heterocycles. The van der Waals surface area contributed by atoms with E-state index in [4.69, 9.17) is 9.47 Å². The van der Waals surface area contributed by atoms with Gasteiger partial charge in [-0.2, -0.15) is 4.98 Å². The molecule has 4 heterocycles. The van der Waals surface area contributed by atoms with Crippen LogP contribution in [-0.4, -0.2) is 70.6 Å². The number of anilines is 1. The maximum atomic E-state index is 13.0. The average Bonchev–Trinajstić information content (AvgIpc) is 3.35. The fraction of sp³-hybridized carbons (Fsp3) is 0.565. The highest BCUT2D eigenvalue weighted by Crippen LogP contribution is 2.37. The zero-order valence-electron chi connectivity index (χ0n) is 18.9. The van der Waals surface area contributed by atoms with Gasteiger partial charge < -0.3 is 19.3 Å². The highest BCUT2D eigenvalue weighted by Gasteiger charge is 2.43. The van der Waals surface area contributed by atoms with Gasteiger partial charge >= 0.3 is 0 Å². The molecule has 33 heavy (non-hydrogen) atoms.